The molecule has 2 N–H and O–H groups in total. The molecule has 31 heavy (non-hydrogen) atoms. The van der Waals surface area contributed by atoms with E-state index in [2.05, 4.69) is 58.1 Å². The summed E-state index contributed by atoms with van der Waals surface area (Å²) in [6, 6.07) is 17.9. The number of aromatic nitrogens is 1. The van der Waals surface area contributed by atoms with Gasteiger partial charge in [0, 0.05) is 46.7 Å². The van der Waals surface area contributed by atoms with E-state index in [9.17, 15) is 0 Å². The molecule has 1 fully saturated rings. The van der Waals surface area contributed by atoms with E-state index >= 15 is 0 Å². The van der Waals surface area contributed by atoms with Crippen LogP contribution in [0.1, 0.15) is 30.0 Å². The van der Waals surface area contributed by atoms with Gasteiger partial charge in [0.1, 0.15) is 10.6 Å². The maximum Gasteiger partial charge on any atom is 0.138 e. The summed E-state index contributed by atoms with van der Waals surface area (Å²) in [5, 5.41) is 11.7. The van der Waals surface area contributed by atoms with Crippen LogP contribution in [-0.4, -0.2) is 17.6 Å². The molecular formula is C23H26Cl3N3OS. The Morgan fingerprint density at radius 3 is 2.71 bits per heavy atom. The normalized spacial score (nSPS) is 17.9. The highest BCUT2D eigenvalue weighted by atomic mass is 35.5. The number of piperidine rings is 1. The molecule has 0 radical (unpaired) electrons. The summed E-state index contributed by atoms with van der Waals surface area (Å²) < 4.78 is 5.80. The van der Waals surface area contributed by atoms with E-state index in [1.54, 1.807) is 17.6 Å². The minimum atomic E-state index is 0. The van der Waals surface area contributed by atoms with E-state index in [4.69, 9.17) is 4.42 Å². The first kappa shape index (κ1) is 25.7. The van der Waals surface area contributed by atoms with Crippen molar-refractivity contribution in [3.05, 3.63) is 77.5 Å². The summed E-state index contributed by atoms with van der Waals surface area (Å²) in [6.45, 7) is 1.85. The fourth-order valence-corrected chi connectivity index (χ4v) is 4.76. The number of hydrogen-bond acceptors (Lipinski definition) is 5. The molecule has 2 aromatic heterocycles. The minimum absolute atomic E-state index is 0. The van der Waals surface area contributed by atoms with Gasteiger partial charge in [0.05, 0.1) is 6.26 Å². The number of rotatable bonds is 5. The molecule has 1 aliphatic rings. The first-order valence-corrected chi connectivity index (χ1v) is 10.7. The average Bonchev–Trinajstić information content (AvgIpc) is 3.44. The van der Waals surface area contributed by atoms with Gasteiger partial charge in [-0.15, -0.1) is 48.6 Å². The van der Waals surface area contributed by atoms with E-state index < -0.39 is 0 Å². The van der Waals surface area contributed by atoms with Crippen molar-refractivity contribution in [3.63, 3.8) is 0 Å². The summed E-state index contributed by atoms with van der Waals surface area (Å²) in [5.41, 5.74) is 4.65. The second-order valence-electron chi connectivity index (χ2n) is 7.28. The van der Waals surface area contributed by atoms with Gasteiger partial charge in [0.25, 0.3) is 0 Å². The number of hydrogen-bond donors (Lipinski definition) is 2. The molecule has 0 amide bonds. The van der Waals surface area contributed by atoms with Crippen LogP contribution in [0.25, 0.3) is 21.5 Å². The van der Waals surface area contributed by atoms with E-state index in [0.717, 1.165) is 34.6 Å². The number of benzene rings is 2. The van der Waals surface area contributed by atoms with Crippen molar-refractivity contribution in [1.29, 1.82) is 0 Å². The zero-order valence-electron chi connectivity index (χ0n) is 16.8. The Balaban J connectivity index is 0.00000114. The van der Waals surface area contributed by atoms with Gasteiger partial charge in [0.15, 0.2) is 0 Å². The molecule has 0 unspecified atom stereocenters. The van der Waals surface area contributed by atoms with Crippen molar-refractivity contribution < 1.29 is 4.42 Å². The summed E-state index contributed by atoms with van der Waals surface area (Å²) in [5.74, 6) is 0. The summed E-state index contributed by atoms with van der Waals surface area (Å²) in [4.78, 5) is 4.48. The molecule has 0 spiro atoms. The van der Waals surface area contributed by atoms with Gasteiger partial charge in [-0.25, -0.2) is 4.98 Å². The fraction of sp³-hybridized carbons (Fsp3) is 0.261. The lowest BCUT2D eigenvalue weighted by Gasteiger charge is -2.34. The number of thiazole rings is 1. The summed E-state index contributed by atoms with van der Waals surface area (Å²) in [7, 11) is 0. The van der Waals surface area contributed by atoms with Gasteiger partial charge in [-0.2, -0.15) is 0 Å². The van der Waals surface area contributed by atoms with Crippen LogP contribution < -0.4 is 10.6 Å². The van der Waals surface area contributed by atoms with Crippen LogP contribution in [0.2, 0.25) is 0 Å². The lowest BCUT2D eigenvalue weighted by molar-refractivity contribution is 0.304. The highest BCUT2D eigenvalue weighted by Gasteiger charge is 2.25. The quantitative estimate of drug-likeness (QED) is 0.334. The number of halogens is 3. The second kappa shape index (κ2) is 11.9. The summed E-state index contributed by atoms with van der Waals surface area (Å²) in [6.07, 6.45) is 5.99. The van der Waals surface area contributed by atoms with Crippen LogP contribution in [0.5, 0.6) is 0 Å². The smallest absolute Gasteiger partial charge is 0.138 e. The highest BCUT2D eigenvalue weighted by Crippen LogP contribution is 2.30. The summed E-state index contributed by atoms with van der Waals surface area (Å²) >= 11 is 1.67. The molecule has 166 valence electrons. The van der Waals surface area contributed by atoms with Crippen molar-refractivity contribution >= 4 is 59.5 Å². The maximum atomic E-state index is 5.80. The molecule has 1 aliphatic heterocycles. The standard InChI is InChI=1S/C23H23N3OS.3ClH/c1-2-5-16(6-3-1)21-20(7-4-9-24-21)26-15-19-14-18(23-25-10-12-28-23)13-17-8-11-27-22(17)19;;;/h1-3,5-6,8,10-14,20-21,24,26H,4,7,9,15H2;3*1H/t20-,21-;;;/m0.../s1. The largest absolute Gasteiger partial charge is 0.464 e. The molecule has 0 aliphatic carbocycles. The Morgan fingerprint density at radius 1 is 1.10 bits per heavy atom. The topological polar surface area (TPSA) is 50.1 Å². The van der Waals surface area contributed by atoms with E-state index in [0.29, 0.717) is 12.1 Å². The maximum absolute atomic E-state index is 5.80. The number of fused-ring (bicyclic) bond motifs is 1. The third-order valence-corrected chi connectivity index (χ3v) is 6.30. The number of nitrogens with zero attached hydrogens (tertiary/aromatic N) is 1. The highest BCUT2D eigenvalue weighted by molar-refractivity contribution is 7.13. The van der Waals surface area contributed by atoms with Crippen molar-refractivity contribution in [2.24, 2.45) is 0 Å². The Bertz CT molecular complexity index is 1060. The minimum Gasteiger partial charge on any atom is -0.464 e. The Labute approximate surface area is 205 Å². The average molecular weight is 499 g/mol. The molecule has 2 aromatic carbocycles. The van der Waals surface area contributed by atoms with E-state index in [-0.39, 0.29) is 37.2 Å². The molecule has 4 aromatic rings. The zero-order valence-corrected chi connectivity index (χ0v) is 20.1. The third kappa shape index (κ3) is 5.61. The second-order valence-corrected chi connectivity index (χ2v) is 8.18. The predicted octanol–water partition coefficient (Wildman–Crippen LogP) is 6.40. The number of furan rings is 1. The Morgan fingerprint density at radius 2 is 1.94 bits per heavy atom. The van der Waals surface area contributed by atoms with Gasteiger partial charge in [0.2, 0.25) is 0 Å². The number of nitrogens with one attached hydrogen (secondary N) is 2. The lowest BCUT2D eigenvalue weighted by atomic mass is 9.92. The van der Waals surface area contributed by atoms with Crippen LogP contribution in [0.4, 0.5) is 0 Å². The Kier molecular flexibility index (Phi) is 9.82. The molecule has 0 bridgehead atoms. The van der Waals surface area contributed by atoms with Crippen LogP contribution in [-0.2, 0) is 6.54 Å². The van der Waals surface area contributed by atoms with Crippen LogP contribution in [0, 0.1) is 0 Å². The van der Waals surface area contributed by atoms with Crippen LogP contribution >= 0.6 is 48.6 Å². The van der Waals surface area contributed by atoms with Crippen molar-refractivity contribution in [2.75, 3.05) is 6.54 Å². The molecule has 1 saturated heterocycles. The van der Waals surface area contributed by atoms with Gasteiger partial charge in [-0.1, -0.05) is 30.3 Å². The van der Waals surface area contributed by atoms with Gasteiger partial charge in [-0.05, 0) is 43.1 Å². The molecule has 8 heteroatoms. The molecule has 0 saturated carbocycles. The van der Waals surface area contributed by atoms with Crippen LogP contribution in [0.3, 0.4) is 0 Å². The predicted molar refractivity (Wildman–Crippen MR) is 136 cm³/mol. The Hall–Kier alpha value is -1.60. The lowest BCUT2D eigenvalue weighted by Crippen LogP contribution is -2.45. The fourth-order valence-electron chi connectivity index (χ4n) is 4.14. The van der Waals surface area contributed by atoms with Gasteiger partial charge < -0.3 is 15.1 Å². The van der Waals surface area contributed by atoms with E-state index in [1.165, 1.54) is 24.0 Å². The molecule has 3 heterocycles. The molecule has 4 nitrogen and oxygen atoms in total. The van der Waals surface area contributed by atoms with Crippen LogP contribution in [0.15, 0.2) is 70.8 Å². The van der Waals surface area contributed by atoms with Gasteiger partial charge in [-0.3, -0.25) is 0 Å². The van der Waals surface area contributed by atoms with Crippen molar-refractivity contribution in [1.82, 2.24) is 15.6 Å². The monoisotopic (exact) mass is 497 g/mol. The third-order valence-electron chi connectivity index (χ3n) is 5.48. The molecule has 2 atom stereocenters. The van der Waals surface area contributed by atoms with Crippen molar-refractivity contribution in [2.45, 2.75) is 31.5 Å². The van der Waals surface area contributed by atoms with Gasteiger partial charge >= 0.3 is 0 Å². The first-order valence-electron chi connectivity index (χ1n) is 9.80. The van der Waals surface area contributed by atoms with Crippen molar-refractivity contribution in [3.8, 4) is 10.6 Å². The van der Waals surface area contributed by atoms with E-state index in [1.807, 2.05) is 17.6 Å². The SMILES string of the molecule is Cl.Cl.Cl.c1ccc([C@@H]2NCCC[C@@H]2NCc2cc(-c3nccs3)cc3ccoc23)cc1. The molecule has 5 rings (SSSR count). The zero-order chi connectivity index (χ0) is 18.8. The molecular weight excluding hydrogens is 473 g/mol. The first-order chi connectivity index (χ1) is 13.9.